The number of phenolic OH excluding ortho intramolecular Hbond substituents is 1. The van der Waals surface area contributed by atoms with E-state index in [-0.39, 0.29) is 5.75 Å². The molecule has 2 N–H and O–H groups in total. The monoisotopic (exact) mass is 239 g/mol. The summed E-state index contributed by atoms with van der Waals surface area (Å²) in [5.74, 6) is 0.288. The molecule has 0 atom stereocenters. The van der Waals surface area contributed by atoms with Crippen molar-refractivity contribution in [1.82, 2.24) is 5.32 Å². The normalized spacial score (nSPS) is 17.6. The van der Waals surface area contributed by atoms with Gasteiger partial charge in [0, 0.05) is 23.2 Å². The fraction of sp³-hybridized carbons (Fsp3) is 0.538. The minimum atomic E-state index is 0.288. The predicted molar refractivity (Wildman–Crippen MR) is 66.8 cm³/mol. The molecular formula is C13H18ClNO. The highest BCUT2D eigenvalue weighted by atomic mass is 35.5. The first-order valence-corrected chi connectivity index (χ1v) is 6.35. The number of phenols is 1. The quantitative estimate of drug-likeness (QED) is 0.847. The molecule has 3 heteroatoms. The van der Waals surface area contributed by atoms with E-state index in [4.69, 9.17) is 11.6 Å². The summed E-state index contributed by atoms with van der Waals surface area (Å²) < 4.78 is 0. The minimum Gasteiger partial charge on any atom is -0.508 e. The molecule has 0 spiro atoms. The van der Waals surface area contributed by atoms with Gasteiger partial charge >= 0.3 is 0 Å². The lowest BCUT2D eigenvalue weighted by Gasteiger charge is -2.23. The lowest BCUT2D eigenvalue weighted by atomic mass is 9.95. The Hall–Kier alpha value is -0.730. The van der Waals surface area contributed by atoms with Crippen LogP contribution in [0.4, 0.5) is 0 Å². The van der Waals surface area contributed by atoms with E-state index in [1.54, 1.807) is 12.1 Å². The van der Waals surface area contributed by atoms with Crippen molar-refractivity contribution in [3.63, 3.8) is 0 Å². The molecule has 2 nitrogen and oxygen atoms in total. The first-order chi connectivity index (χ1) is 7.77. The predicted octanol–water partition coefficient (Wildman–Crippen LogP) is 3.47. The van der Waals surface area contributed by atoms with Crippen molar-refractivity contribution in [3.8, 4) is 5.75 Å². The minimum absolute atomic E-state index is 0.288. The molecule has 2 rings (SSSR count). The van der Waals surface area contributed by atoms with Crippen LogP contribution in [0, 0.1) is 0 Å². The fourth-order valence-corrected chi connectivity index (χ4v) is 2.51. The van der Waals surface area contributed by atoms with Crippen LogP contribution in [0.2, 0.25) is 5.02 Å². The third kappa shape index (κ3) is 2.89. The lowest BCUT2D eigenvalue weighted by molar-refractivity contribution is 0.369. The van der Waals surface area contributed by atoms with E-state index in [2.05, 4.69) is 5.32 Å². The molecule has 0 aliphatic heterocycles. The number of aromatic hydroxyl groups is 1. The van der Waals surface area contributed by atoms with Crippen LogP contribution >= 0.6 is 11.6 Å². The van der Waals surface area contributed by atoms with Gasteiger partial charge in [-0.15, -0.1) is 0 Å². The number of rotatable bonds is 3. The van der Waals surface area contributed by atoms with Crippen molar-refractivity contribution in [1.29, 1.82) is 0 Å². The van der Waals surface area contributed by atoms with E-state index in [0.717, 1.165) is 5.56 Å². The topological polar surface area (TPSA) is 32.3 Å². The Morgan fingerprint density at radius 1 is 1.25 bits per heavy atom. The second-order valence-electron chi connectivity index (χ2n) is 4.45. The fourth-order valence-electron chi connectivity index (χ4n) is 2.28. The molecule has 1 aromatic carbocycles. The number of hydrogen-bond donors (Lipinski definition) is 2. The van der Waals surface area contributed by atoms with Crippen molar-refractivity contribution in [2.45, 2.75) is 44.7 Å². The Bertz CT molecular complexity index is 328. The van der Waals surface area contributed by atoms with Crippen LogP contribution in [-0.4, -0.2) is 11.1 Å². The number of halogens is 1. The van der Waals surface area contributed by atoms with Gasteiger partial charge in [-0.05, 0) is 25.0 Å². The van der Waals surface area contributed by atoms with Crippen LogP contribution in [-0.2, 0) is 6.54 Å². The molecular weight excluding hydrogens is 222 g/mol. The van der Waals surface area contributed by atoms with Gasteiger partial charge in [-0.25, -0.2) is 0 Å². The van der Waals surface area contributed by atoms with Gasteiger partial charge in [0.2, 0.25) is 0 Å². The molecule has 0 aromatic heterocycles. The summed E-state index contributed by atoms with van der Waals surface area (Å²) in [5.41, 5.74) is 0.815. The van der Waals surface area contributed by atoms with E-state index < -0.39 is 0 Å². The second kappa shape index (κ2) is 5.55. The summed E-state index contributed by atoms with van der Waals surface area (Å²) in [7, 11) is 0. The number of hydrogen-bond acceptors (Lipinski definition) is 2. The summed E-state index contributed by atoms with van der Waals surface area (Å²) in [6, 6.07) is 5.86. The highest BCUT2D eigenvalue weighted by Gasteiger charge is 2.14. The summed E-state index contributed by atoms with van der Waals surface area (Å²) in [4.78, 5) is 0. The van der Waals surface area contributed by atoms with Gasteiger partial charge in [0.15, 0.2) is 0 Å². The maximum absolute atomic E-state index is 9.70. The average molecular weight is 240 g/mol. The van der Waals surface area contributed by atoms with E-state index in [1.165, 1.54) is 32.1 Å². The van der Waals surface area contributed by atoms with Crippen LogP contribution in [0.15, 0.2) is 18.2 Å². The molecule has 1 fully saturated rings. The second-order valence-corrected chi connectivity index (χ2v) is 4.86. The van der Waals surface area contributed by atoms with Crippen molar-refractivity contribution in [3.05, 3.63) is 28.8 Å². The van der Waals surface area contributed by atoms with Gasteiger partial charge in [0.05, 0.1) is 0 Å². The first kappa shape index (κ1) is 11.7. The van der Waals surface area contributed by atoms with Crippen molar-refractivity contribution in [2.24, 2.45) is 0 Å². The number of benzene rings is 1. The molecule has 88 valence electrons. The standard InChI is InChI=1S/C13H18ClNO/c14-12-7-4-8-13(16)11(12)9-15-10-5-2-1-3-6-10/h4,7-8,10,15-16H,1-3,5-6,9H2. The van der Waals surface area contributed by atoms with Crippen LogP contribution in [0.3, 0.4) is 0 Å². The number of nitrogens with one attached hydrogen (secondary N) is 1. The smallest absolute Gasteiger partial charge is 0.121 e. The molecule has 0 radical (unpaired) electrons. The molecule has 0 amide bonds. The zero-order chi connectivity index (χ0) is 11.4. The highest BCUT2D eigenvalue weighted by molar-refractivity contribution is 6.31. The highest BCUT2D eigenvalue weighted by Crippen LogP contribution is 2.26. The molecule has 0 unspecified atom stereocenters. The van der Waals surface area contributed by atoms with Gasteiger partial charge in [0.25, 0.3) is 0 Å². The molecule has 16 heavy (non-hydrogen) atoms. The molecule has 1 aliphatic rings. The summed E-state index contributed by atoms with van der Waals surface area (Å²) in [6.45, 7) is 0.663. The Morgan fingerprint density at radius 2 is 2.00 bits per heavy atom. The van der Waals surface area contributed by atoms with E-state index in [1.807, 2.05) is 6.07 Å². The van der Waals surface area contributed by atoms with Crippen LogP contribution in [0.1, 0.15) is 37.7 Å². The van der Waals surface area contributed by atoms with Gasteiger partial charge < -0.3 is 10.4 Å². The zero-order valence-electron chi connectivity index (χ0n) is 9.38. The maximum atomic E-state index is 9.70. The molecule has 0 heterocycles. The van der Waals surface area contributed by atoms with Crippen molar-refractivity contribution >= 4 is 11.6 Å². The molecule has 0 saturated heterocycles. The Labute approximate surface area is 102 Å². The average Bonchev–Trinajstić information content (AvgIpc) is 2.30. The van der Waals surface area contributed by atoms with Crippen LogP contribution in [0.5, 0.6) is 5.75 Å². The third-order valence-corrected chi connectivity index (χ3v) is 3.62. The van der Waals surface area contributed by atoms with Gasteiger partial charge in [-0.1, -0.05) is 36.9 Å². The molecule has 0 bridgehead atoms. The van der Waals surface area contributed by atoms with Crippen molar-refractivity contribution in [2.75, 3.05) is 0 Å². The third-order valence-electron chi connectivity index (χ3n) is 3.27. The SMILES string of the molecule is Oc1cccc(Cl)c1CNC1CCCCC1. The van der Waals surface area contributed by atoms with Crippen LogP contribution in [0.25, 0.3) is 0 Å². The molecule has 1 saturated carbocycles. The summed E-state index contributed by atoms with van der Waals surface area (Å²) in [5, 5.41) is 13.8. The molecule has 1 aromatic rings. The van der Waals surface area contributed by atoms with E-state index in [9.17, 15) is 5.11 Å². The Morgan fingerprint density at radius 3 is 2.69 bits per heavy atom. The summed E-state index contributed by atoms with van der Waals surface area (Å²) in [6.07, 6.45) is 6.46. The van der Waals surface area contributed by atoms with Gasteiger partial charge in [-0.2, -0.15) is 0 Å². The maximum Gasteiger partial charge on any atom is 0.121 e. The lowest BCUT2D eigenvalue weighted by Crippen LogP contribution is -2.30. The Balaban J connectivity index is 1.93. The first-order valence-electron chi connectivity index (χ1n) is 5.97. The Kier molecular flexibility index (Phi) is 4.08. The molecule has 1 aliphatic carbocycles. The van der Waals surface area contributed by atoms with E-state index in [0.29, 0.717) is 17.6 Å². The van der Waals surface area contributed by atoms with Gasteiger partial charge in [-0.3, -0.25) is 0 Å². The van der Waals surface area contributed by atoms with Crippen LogP contribution < -0.4 is 5.32 Å². The largest absolute Gasteiger partial charge is 0.508 e. The van der Waals surface area contributed by atoms with Crippen molar-refractivity contribution < 1.29 is 5.11 Å². The zero-order valence-corrected chi connectivity index (χ0v) is 10.1. The van der Waals surface area contributed by atoms with E-state index >= 15 is 0 Å². The van der Waals surface area contributed by atoms with Gasteiger partial charge in [0.1, 0.15) is 5.75 Å². The summed E-state index contributed by atoms with van der Waals surface area (Å²) >= 11 is 6.05.